The van der Waals surface area contributed by atoms with Crippen LogP contribution in [0.4, 0.5) is 0 Å². The van der Waals surface area contributed by atoms with E-state index >= 15 is 0 Å². The monoisotopic (exact) mass is 259 g/mol. The van der Waals surface area contributed by atoms with E-state index in [0.29, 0.717) is 0 Å². The smallest absolute Gasteiger partial charge is 0.0348 e. The maximum atomic E-state index is 3.27. The van der Waals surface area contributed by atoms with Crippen LogP contribution in [0.5, 0.6) is 0 Å². The Morgan fingerprint density at radius 1 is 1.22 bits per heavy atom. The number of likely N-dealkylation sites (N-methyl/N-ethyl adjacent to an activating group) is 1. The fourth-order valence-corrected chi connectivity index (χ4v) is 3.42. The zero-order valence-electron chi connectivity index (χ0n) is 11.6. The predicted octanol–water partition coefficient (Wildman–Crippen LogP) is 4.22. The van der Waals surface area contributed by atoms with Gasteiger partial charge in [0.2, 0.25) is 0 Å². The van der Waals surface area contributed by atoms with Crippen LogP contribution >= 0.6 is 11.3 Å². The molecule has 2 heteroatoms. The van der Waals surface area contributed by atoms with Gasteiger partial charge >= 0.3 is 0 Å². The molecule has 0 amide bonds. The fourth-order valence-electron chi connectivity index (χ4n) is 2.23. The molecule has 1 heterocycles. The molecule has 1 aromatic heterocycles. The van der Waals surface area contributed by atoms with Crippen LogP contribution in [0.1, 0.15) is 25.0 Å². The molecule has 2 rings (SSSR count). The molecule has 18 heavy (non-hydrogen) atoms. The van der Waals surface area contributed by atoms with Gasteiger partial charge in [0.1, 0.15) is 0 Å². The number of benzene rings is 1. The summed E-state index contributed by atoms with van der Waals surface area (Å²) in [5.41, 5.74) is 4.30. The zero-order chi connectivity index (χ0) is 13.2. The Kier molecular flexibility index (Phi) is 3.88. The number of aryl methyl sites for hydroxylation is 1. The molecule has 96 valence electrons. The van der Waals surface area contributed by atoms with Crippen molar-refractivity contribution < 1.29 is 0 Å². The maximum Gasteiger partial charge on any atom is 0.0348 e. The van der Waals surface area contributed by atoms with Gasteiger partial charge in [-0.3, -0.25) is 0 Å². The maximum absolute atomic E-state index is 3.27. The summed E-state index contributed by atoms with van der Waals surface area (Å²) in [6.45, 7) is 7.74. The van der Waals surface area contributed by atoms with Crippen LogP contribution in [0.15, 0.2) is 35.7 Å². The van der Waals surface area contributed by atoms with Gasteiger partial charge < -0.3 is 5.32 Å². The molecule has 1 nitrogen and oxygen atoms in total. The van der Waals surface area contributed by atoms with E-state index < -0.39 is 0 Å². The summed E-state index contributed by atoms with van der Waals surface area (Å²) in [4.78, 5) is 1.37. The van der Waals surface area contributed by atoms with Gasteiger partial charge in [-0.2, -0.15) is 0 Å². The molecule has 0 atom stereocenters. The lowest BCUT2D eigenvalue weighted by Gasteiger charge is -2.23. The van der Waals surface area contributed by atoms with Crippen molar-refractivity contribution in [1.82, 2.24) is 5.32 Å². The molecule has 0 bridgehead atoms. The molecule has 0 aliphatic carbocycles. The lowest BCUT2D eigenvalue weighted by Crippen LogP contribution is -2.30. The molecule has 0 saturated heterocycles. The highest BCUT2D eigenvalue weighted by molar-refractivity contribution is 7.13. The molecule has 0 fully saturated rings. The first-order chi connectivity index (χ1) is 8.54. The fraction of sp³-hybridized carbons (Fsp3) is 0.375. The molecule has 1 aromatic carbocycles. The van der Waals surface area contributed by atoms with Gasteiger partial charge in [-0.15, -0.1) is 11.3 Å². The number of hydrogen-bond donors (Lipinski definition) is 1. The van der Waals surface area contributed by atoms with E-state index in [2.05, 4.69) is 61.8 Å². The summed E-state index contributed by atoms with van der Waals surface area (Å²) in [6, 6.07) is 10.9. The SMILES string of the molecule is CNCC(C)(C)c1csc(-c2ccccc2C)c1. The Bertz CT molecular complexity index is 525. The van der Waals surface area contributed by atoms with Crippen LogP contribution in [-0.4, -0.2) is 13.6 Å². The Morgan fingerprint density at radius 3 is 2.61 bits per heavy atom. The third kappa shape index (κ3) is 2.65. The first-order valence-electron chi connectivity index (χ1n) is 6.34. The number of nitrogens with one attached hydrogen (secondary N) is 1. The van der Waals surface area contributed by atoms with Crippen molar-refractivity contribution in [3.05, 3.63) is 46.8 Å². The van der Waals surface area contributed by atoms with Crippen LogP contribution in [0, 0.1) is 6.92 Å². The molecule has 0 aliphatic heterocycles. The summed E-state index contributed by atoms with van der Waals surface area (Å²) in [5.74, 6) is 0. The summed E-state index contributed by atoms with van der Waals surface area (Å²) >= 11 is 1.84. The van der Waals surface area contributed by atoms with E-state index in [1.807, 2.05) is 18.4 Å². The van der Waals surface area contributed by atoms with Crippen molar-refractivity contribution in [1.29, 1.82) is 0 Å². The molecule has 0 radical (unpaired) electrons. The standard InChI is InChI=1S/C16H21NS/c1-12-7-5-6-8-14(12)15-9-13(10-18-15)16(2,3)11-17-4/h5-10,17H,11H2,1-4H3. The van der Waals surface area contributed by atoms with Crippen molar-refractivity contribution in [2.75, 3.05) is 13.6 Å². The Morgan fingerprint density at radius 2 is 1.94 bits per heavy atom. The number of hydrogen-bond acceptors (Lipinski definition) is 2. The summed E-state index contributed by atoms with van der Waals surface area (Å²) in [6.07, 6.45) is 0. The Labute approximate surface area is 114 Å². The minimum Gasteiger partial charge on any atom is -0.319 e. The van der Waals surface area contributed by atoms with Gasteiger partial charge in [0.05, 0.1) is 0 Å². The highest BCUT2D eigenvalue weighted by Gasteiger charge is 2.21. The summed E-state index contributed by atoms with van der Waals surface area (Å²) in [5, 5.41) is 5.56. The summed E-state index contributed by atoms with van der Waals surface area (Å²) < 4.78 is 0. The van der Waals surface area contributed by atoms with E-state index in [1.54, 1.807) is 0 Å². The van der Waals surface area contributed by atoms with Gasteiger partial charge in [-0.1, -0.05) is 38.1 Å². The normalized spacial score (nSPS) is 11.8. The third-order valence-electron chi connectivity index (χ3n) is 3.41. The highest BCUT2D eigenvalue weighted by Crippen LogP contribution is 2.34. The molecule has 0 saturated carbocycles. The zero-order valence-corrected chi connectivity index (χ0v) is 12.4. The average molecular weight is 259 g/mol. The average Bonchev–Trinajstić information content (AvgIpc) is 2.79. The van der Waals surface area contributed by atoms with E-state index in [0.717, 1.165) is 6.54 Å². The van der Waals surface area contributed by atoms with Crippen LogP contribution in [0.2, 0.25) is 0 Å². The van der Waals surface area contributed by atoms with Gasteiger partial charge in [-0.25, -0.2) is 0 Å². The molecule has 0 spiro atoms. The lowest BCUT2D eigenvalue weighted by atomic mass is 9.86. The molecule has 0 unspecified atom stereocenters. The van der Waals surface area contributed by atoms with Gasteiger partial charge in [0.15, 0.2) is 0 Å². The second-order valence-corrected chi connectivity index (χ2v) is 6.34. The van der Waals surface area contributed by atoms with Crippen molar-refractivity contribution in [2.45, 2.75) is 26.2 Å². The molecule has 1 N–H and O–H groups in total. The van der Waals surface area contributed by atoms with Crippen molar-refractivity contribution in [3.63, 3.8) is 0 Å². The predicted molar refractivity (Wildman–Crippen MR) is 81.4 cm³/mol. The van der Waals surface area contributed by atoms with Crippen LogP contribution < -0.4 is 5.32 Å². The van der Waals surface area contributed by atoms with Crippen LogP contribution in [-0.2, 0) is 5.41 Å². The van der Waals surface area contributed by atoms with E-state index in [-0.39, 0.29) is 5.41 Å². The quantitative estimate of drug-likeness (QED) is 0.867. The van der Waals surface area contributed by atoms with Gasteiger partial charge in [-0.05, 0) is 42.1 Å². The van der Waals surface area contributed by atoms with Gasteiger partial charge in [0, 0.05) is 16.8 Å². The lowest BCUT2D eigenvalue weighted by molar-refractivity contribution is 0.496. The Hall–Kier alpha value is -1.12. The van der Waals surface area contributed by atoms with Gasteiger partial charge in [0.25, 0.3) is 0 Å². The molecule has 2 aromatic rings. The molecular formula is C16H21NS. The second-order valence-electron chi connectivity index (χ2n) is 5.43. The second kappa shape index (κ2) is 5.25. The van der Waals surface area contributed by atoms with E-state index in [9.17, 15) is 0 Å². The van der Waals surface area contributed by atoms with E-state index in [1.165, 1.54) is 21.6 Å². The first kappa shape index (κ1) is 13.3. The van der Waals surface area contributed by atoms with E-state index in [4.69, 9.17) is 0 Å². The van der Waals surface area contributed by atoms with Crippen LogP contribution in [0.3, 0.4) is 0 Å². The minimum atomic E-state index is 0.187. The first-order valence-corrected chi connectivity index (χ1v) is 7.22. The Balaban J connectivity index is 2.34. The van der Waals surface area contributed by atoms with Crippen molar-refractivity contribution in [3.8, 4) is 10.4 Å². The summed E-state index contributed by atoms with van der Waals surface area (Å²) in [7, 11) is 2.01. The highest BCUT2D eigenvalue weighted by atomic mass is 32.1. The largest absolute Gasteiger partial charge is 0.319 e. The molecular weight excluding hydrogens is 238 g/mol. The number of rotatable bonds is 4. The third-order valence-corrected chi connectivity index (χ3v) is 4.37. The van der Waals surface area contributed by atoms with Crippen molar-refractivity contribution in [2.24, 2.45) is 0 Å². The molecule has 0 aliphatic rings. The van der Waals surface area contributed by atoms with Crippen molar-refractivity contribution >= 4 is 11.3 Å². The minimum absolute atomic E-state index is 0.187. The van der Waals surface area contributed by atoms with Crippen LogP contribution in [0.25, 0.3) is 10.4 Å². The number of thiophene rings is 1. The topological polar surface area (TPSA) is 12.0 Å².